The summed E-state index contributed by atoms with van der Waals surface area (Å²) in [6.07, 6.45) is 2.08. The number of amides is 1. The first-order valence-electron chi connectivity index (χ1n) is 10.2. The Morgan fingerprint density at radius 2 is 1.90 bits per heavy atom. The van der Waals surface area contributed by atoms with Gasteiger partial charge in [-0.1, -0.05) is 11.3 Å². The number of thioether (sulfide) groups is 1. The van der Waals surface area contributed by atoms with Gasteiger partial charge in [-0.05, 0) is 81.7 Å². The van der Waals surface area contributed by atoms with Gasteiger partial charge in [-0.25, -0.2) is 9.37 Å². The highest BCUT2D eigenvalue weighted by molar-refractivity contribution is 7.99. The summed E-state index contributed by atoms with van der Waals surface area (Å²) in [5.74, 6) is 1.47. The number of anilines is 1. The molecule has 0 unspecified atom stereocenters. The van der Waals surface area contributed by atoms with Crippen LogP contribution in [0.5, 0.6) is 5.75 Å². The van der Waals surface area contributed by atoms with Crippen molar-refractivity contribution < 1.29 is 13.9 Å². The molecule has 0 radical (unpaired) electrons. The van der Waals surface area contributed by atoms with Gasteiger partial charge in [0.25, 0.3) is 0 Å². The summed E-state index contributed by atoms with van der Waals surface area (Å²) in [6, 6.07) is 12.5. The van der Waals surface area contributed by atoms with E-state index in [0.717, 1.165) is 46.0 Å². The van der Waals surface area contributed by atoms with Crippen LogP contribution in [0.15, 0.2) is 47.4 Å². The Balaban J connectivity index is 1.60. The van der Waals surface area contributed by atoms with Crippen LogP contribution >= 0.6 is 23.1 Å². The summed E-state index contributed by atoms with van der Waals surface area (Å²) in [7, 11) is 5.69. The van der Waals surface area contributed by atoms with Crippen LogP contribution in [0.1, 0.15) is 19.3 Å². The molecule has 0 spiro atoms. The van der Waals surface area contributed by atoms with Crippen molar-refractivity contribution in [3.63, 3.8) is 0 Å². The number of fused-ring (bicyclic) bond motifs is 1. The second kappa shape index (κ2) is 11.5. The second-order valence-electron chi connectivity index (χ2n) is 7.44. The Kier molecular flexibility index (Phi) is 8.69. The molecule has 0 saturated heterocycles. The first-order chi connectivity index (χ1) is 15.0. The average Bonchev–Trinajstić information content (AvgIpc) is 3.17. The lowest BCUT2D eigenvalue weighted by molar-refractivity contribution is -0.118. The highest BCUT2D eigenvalue weighted by Crippen LogP contribution is 2.30. The highest BCUT2D eigenvalue weighted by atomic mass is 32.2. The van der Waals surface area contributed by atoms with E-state index in [4.69, 9.17) is 4.74 Å². The molecule has 0 aliphatic rings. The van der Waals surface area contributed by atoms with Crippen molar-refractivity contribution in [1.29, 1.82) is 0 Å². The van der Waals surface area contributed by atoms with Gasteiger partial charge in [-0.2, -0.15) is 0 Å². The van der Waals surface area contributed by atoms with Gasteiger partial charge in [-0.15, -0.1) is 11.8 Å². The number of thiazole rings is 1. The molecule has 1 aromatic heterocycles. The summed E-state index contributed by atoms with van der Waals surface area (Å²) in [6.45, 7) is 1.49. The molecular formula is C23H28FN3O2S2. The molecule has 31 heavy (non-hydrogen) atoms. The van der Waals surface area contributed by atoms with E-state index in [1.807, 2.05) is 38.4 Å². The zero-order valence-corrected chi connectivity index (χ0v) is 19.8. The van der Waals surface area contributed by atoms with Crippen LogP contribution in [0.3, 0.4) is 0 Å². The third-order valence-electron chi connectivity index (χ3n) is 4.72. The van der Waals surface area contributed by atoms with Gasteiger partial charge >= 0.3 is 0 Å². The number of carbonyl (C=O) groups excluding carboxylic acids is 1. The topological polar surface area (TPSA) is 45.7 Å². The van der Waals surface area contributed by atoms with Gasteiger partial charge in [0, 0.05) is 17.9 Å². The number of rotatable bonds is 11. The SMILES string of the molecule is COc1ccc(SCCCC(=O)N(CCCN(C)C)c2nc3ccc(F)cc3s2)cc1. The number of aromatic nitrogens is 1. The molecule has 0 fully saturated rings. The van der Waals surface area contributed by atoms with Crippen LogP contribution < -0.4 is 9.64 Å². The van der Waals surface area contributed by atoms with Gasteiger partial charge in [0.2, 0.25) is 5.91 Å². The van der Waals surface area contributed by atoms with Crippen molar-refractivity contribution in [3.8, 4) is 5.75 Å². The molecule has 0 atom stereocenters. The van der Waals surface area contributed by atoms with Crippen LogP contribution in [0.2, 0.25) is 0 Å². The fourth-order valence-electron chi connectivity index (χ4n) is 3.09. The van der Waals surface area contributed by atoms with E-state index >= 15 is 0 Å². The van der Waals surface area contributed by atoms with Crippen molar-refractivity contribution in [2.24, 2.45) is 0 Å². The number of benzene rings is 2. The van der Waals surface area contributed by atoms with Crippen molar-refractivity contribution >= 4 is 44.4 Å². The summed E-state index contributed by atoms with van der Waals surface area (Å²) in [5.41, 5.74) is 0.724. The Morgan fingerprint density at radius 1 is 1.13 bits per heavy atom. The third kappa shape index (κ3) is 6.92. The van der Waals surface area contributed by atoms with Crippen LogP contribution in [0.25, 0.3) is 10.2 Å². The van der Waals surface area contributed by atoms with E-state index in [9.17, 15) is 9.18 Å². The lowest BCUT2D eigenvalue weighted by atomic mass is 10.3. The molecule has 3 rings (SSSR count). The Hall–Kier alpha value is -2.16. The number of hydrogen-bond donors (Lipinski definition) is 0. The number of carbonyl (C=O) groups is 1. The van der Waals surface area contributed by atoms with Crippen LogP contribution in [0.4, 0.5) is 9.52 Å². The molecule has 0 bridgehead atoms. The van der Waals surface area contributed by atoms with Gasteiger partial charge in [-0.3, -0.25) is 9.69 Å². The summed E-state index contributed by atoms with van der Waals surface area (Å²) in [4.78, 5) is 22.7. The van der Waals surface area contributed by atoms with Crippen LogP contribution in [-0.4, -0.2) is 55.8 Å². The monoisotopic (exact) mass is 461 g/mol. The van der Waals surface area contributed by atoms with Crippen molar-refractivity contribution in [2.45, 2.75) is 24.2 Å². The lowest BCUT2D eigenvalue weighted by Gasteiger charge is -2.21. The standard InChI is InChI=1S/C23H28FN3O2S2/c1-26(2)13-5-14-27(23-25-20-12-7-17(24)16-21(20)31-23)22(28)6-4-15-30-19-10-8-18(29-3)9-11-19/h7-12,16H,4-6,13-15H2,1-3H3. The minimum absolute atomic E-state index is 0.0635. The van der Waals surface area contributed by atoms with Crippen molar-refractivity contribution in [2.75, 3.05) is 44.9 Å². The molecule has 0 aliphatic heterocycles. The maximum atomic E-state index is 13.6. The van der Waals surface area contributed by atoms with Crippen LogP contribution in [0, 0.1) is 5.82 Å². The highest BCUT2D eigenvalue weighted by Gasteiger charge is 2.19. The number of ether oxygens (including phenoxy) is 1. The number of halogens is 1. The molecule has 8 heteroatoms. The Labute approximate surface area is 191 Å². The fraction of sp³-hybridized carbons (Fsp3) is 0.391. The molecule has 2 aromatic carbocycles. The second-order valence-corrected chi connectivity index (χ2v) is 9.62. The van der Waals surface area contributed by atoms with E-state index in [-0.39, 0.29) is 11.7 Å². The zero-order chi connectivity index (χ0) is 22.2. The van der Waals surface area contributed by atoms with E-state index in [0.29, 0.717) is 18.1 Å². The smallest absolute Gasteiger partial charge is 0.228 e. The van der Waals surface area contributed by atoms with E-state index < -0.39 is 0 Å². The van der Waals surface area contributed by atoms with Gasteiger partial charge in [0.05, 0.1) is 17.3 Å². The molecule has 1 amide bonds. The van der Waals surface area contributed by atoms with E-state index in [2.05, 4.69) is 9.88 Å². The first-order valence-corrected chi connectivity index (χ1v) is 12.0. The summed E-state index contributed by atoms with van der Waals surface area (Å²) < 4.78 is 19.5. The number of nitrogens with zero attached hydrogens (tertiary/aromatic N) is 3. The maximum Gasteiger partial charge on any atom is 0.228 e. The molecule has 0 saturated carbocycles. The van der Waals surface area contributed by atoms with Gasteiger partial charge < -0.3 is 9.64 Å². The lowest BCUT2D eigenvalue weighted by Crippen LogP contribution is -2.33. The molecule has 1 heterocycles. The first kappa shape index (κ1) is 23.5. The Bertz CT molecular complexity index is 992. The minimum atomic E-state index is -0.288. The molecule has 5 nitrogen and oxygen atoms in total. The predicted molar refractivity (Wildman–Crippen MR) is 128 cm³/mol. The molecule has 0 aliphatic carbocycles. The fourth-order valence-corrected chi connectivity index (χ4v) is 4.98. The molecule has 0 N–H and O–H groups in total. The molecular weight excluding hydrogens is 433 g/mol. The van der Waals surface area contributed by atoms with Gasteiger partial charge in [0.1, 0.15) is 11.6 Å². The maximum absolute atomic E-state index is 13.6. The van der Waals surface area contributed by atoms with Gasteiger partial charge in [0.15, 0.2) is 5.13 Å². The number of methoxy groups -OCH3 is 1. The van der Waals surface area contributed by atoms with E-state index in [1.54, 1.807) is 29.8 Å². The molecule has 166 valence electrons. The average molecular weight is 462 g/mol. The van der Waals surface area contributed by atoms with Crippen molar-refractivity contribution in [1.82, 2.24) is 9.88 Å². The summed E-state index contributed by atoms with van der Waals surface area (Å²) in [5, 5.41) is 0.646. The molecule has 3 aromatic rings. The normalized spacial score (nSPS) is 11.3. The summed E-state index contributed by atoms with van der Waals surface area (Å²) >= 11 is 3.10. The quantitative estimate of drug-likeness (QED) is 0.286. The van der Waals surface area contributed by atoms with Crippen LogP contribution in [-0.2, 0) is 4.79 Å². The van der Waals surface area contributed by atoms with Crippen molar-refractivity contribution in [3.05, 3.63) is 48.3 Å². The zero-order valence-electron chi connectivity index (χ0n) is 18.1. The largest absolute Gasteiger partial charge is 0.497 e. The Morgan fingerprint density at radius 3 is 2.61 bits per heavy atom. The van der Waals surface area contributed by atoms with E-state index in [1.165, 1.54) is 23.5 Å². The third-order valence-corrected chi connectivity index (χ3v) is 6.86. The number of hydrogen-bond acceptors (Lipinski definition) is 6. The minimum Gasteiger partial charge on any atom is -0.497 e. The predicted octanol–water partition coefficient (Wildman–Crippen LogP) is 5.30.